The highest BCUT2D eigenvalue weighted by Gasteiger charge is 2.07. The number of carbonyl (C=O) groups excluding carboxylic acids is 1. The highest BCUT2D eigenvalue weighted by atomic mass is 19.1. The third kappa shape index (κ3) is 4.89. The standard InChI is InChI=1S/C21H17FN4O/c22-19-7-2-1-5-16(19)10-11-24-21(27)17-8-9-20(25-14-17)26-18-6-3-4-15(12-18)13-23/h1-9,12,14H,10-11H2,(H,24,27)(H,25,26). The van der Waals surface area contributed by atoms with Gasteiger partial charge < -0.3 is 10.6 Å². The fourth-order valence-electron chi connectivity index (χ4n) is 2.53. The van der Waals surface area contributed by atoms with E-state index in [-0.39, 0.29) is 11.7 Å². The van der Waals surface area contributed by atoms with Crippen molar-refractivity contribution in [3.8, 4) is 6.07 Å². The zero-order valence-electron chi connectivity index (χ0n) is 14.4. The average molecular weight is 360 g/mol. The van der Waals surface area contributed by atoms with E-state index in [4.69, 9.17) is 5.26 Å². The molecule has 0 unspecified atom stereocenters. The third-order valence-corrected chi connectivity index (χ3v) is 3.93. The Labute approximate surface area is 156 Å². The van der Waals surface area contributed by atoms with Crippen LogP contribution in [-0.4, -0.2) is 17.4 Å². The Bertz CT molecular complexity index is 980. The normalized spacial score (nSPS) is 10.1. The maximum atomic E-state index is 13.6. The Hall–Kier alpha value is -3.72. The summed E-state index contributed by atoms with van der Waals surface area (Å²) in [7, 11) is 0. The number of anilines is 2. The van der Waals surface area contributed by atoms with Crippen LogP contribution in [0.1, 0.15) is 21.5 Å². The topological polar surface area (TPSA) is 77.8 Å². The first kappa shape index (κ1) is 18.1. The molecule has 0 spiro atoms. The van der Waals surface area contributed by atoms with Crippen molar-refractivity contribution in [3.05, 3.63) is 89.4 Å². The van der Waals surface area contributed by atoms with Crippen LogP contribution in [0.5, 0.6) is 0 Å². The van der Waals surface area contributed by atoms with Crippen LogP contribution >= 0.6 is 0 Å². The molecule has 2 N–H and O–H groups in total. The molecule has 6 heteroatoms. The van der Waals surface area contributed by atoms with Crippen LogP contribution in [0.15, 0.2) is 66.9 Å². The molecule has 0 bridgehead atoms. The Morgan fingerprint density at radius 2 is 1.96 bits per heavy atom. The molecular formula is C21H17FN4O. The van der Waals surface area contributed by atoms with Crippen molar-refractivity contribution in [1.29, 1.82) is 5.26 Å². The molecule has 5 nitrogen and oxygen atoms in total. The average Bonchev–Trinajstić information content (AvgIpc) is 2.70. The summed E-state index contributed by atoms with van der Waals surface area (Å²) in [4.78, 5) is 16.4. The number of hydrogen-bond acceptors (Lipinski definition) is 4. The van der Waals surface area contributed by atoms with Crippen molar-refractivity contribution in [2.45, 2.75) is 6.42 Å². The van der Waals surface area contributed by atoms with Crippen LogP contribution in [0.3, 0.4) is 0 Å². The number of pyridine rings is 1. The molecule has 0 aliphatic heterocycles. The molecule has 0 aliphatic carbocycles. The quantitative estimate of drug-likeness (QED) is 0.701. The molecule has 1 heterocycles. The van der Waals surface area contributed by atoms with Crippen LogP contribution in [-0.2, 0) is 6.42 Å². The summed E-state index contributed by atoms with van der Waals surface area (Å²) in [5.74, 6) is 0.0224. The molecule has 0 saturated carbocycles. The number of nitrogens with zero attached hydrogens (tertiary/aromatic N) is 2. The molecule has 0 fully saturated rings. The second-order valence-electron chi connectivity index (χ2n) is 5.85. The predicted octanol–water partition coefficient (Wildman–Crippen LogP) is 3.81. The first-order chi connectivity index (χ1) is 13.2. The smallest absolute Gasteiger partial charge is 0.252 e. The number of rotatable bonds is 6. The Kier molecular flexibility index (Phi) is 5.75. The number of nitrogens with one attached hydrogen (secondary N) is 2. The van der Waals surface area contributed by atoms with E-state index in [1.807, 2.05) is 6.07 Å². The molecule has 0 radical (unpaired) electrons. The van der Waals surface area contributed by atoms with Crippen molar-refractivity contribution in [3.63, 3.8) is 0 Å². The third-order valence-electron chi connectivity index (χ3n) is 3.93. The molecule has 3 aromatic rings. The molecular weight excluding hydrogens is 343 g/mol. The Morgan fingerprint density at radius 1 is 1.11 bits per heavy atom. The van der Waals surface area contributed by atoms with Gasteiger partial charge in [0, 0.05) is 18.4 Å². The van der Waals surface area contributed by atoms with E-state index in [1.54, 1.807) is 48.5 Å². The maximum Gasteiger partial charge on any atom is 0.252 e. The first-order valence-electron chi connectivity index (χ1n) is 8.40. The minimum absolute atomic E-state index is 0.267. The summed E-state index contributed by atoms with van der Waals surface area (Å²) in [6, 6.07) is 18.9. The number of amides is 1. The van der Waals surface area contributed by atoms with Crippen molar-refractivity contribution in [1.82, 2.24) is 10.3 Å². The lowest BCUT2D eigenvalue weighted by atomic mass is 10.1. The van der Waals surface area contributed by atoms with Gasteiger partial charge in [-0.05, 0) is 48.4 Å². The second kappa shape index (κ2) is 8.59. The fourth-order valence-corrected chi connectivity index (χ4v) is 2.53. The van der Waals surface area contributed by atoms with Crippen LogP contribution in [0.4, 0.5) is 15.9 Å². The van der Waals surface area contributed by atoms with Gasteiger partial charge in [0.1, 0.15) is 11.6 Å². The lowest BCUT2D eigenvalue weighted by molar-refractivity contribution is 0.0953. The maximum absolute atomic E-state index is 13.6. The zero-order valence-corrected chi connectivity index (χ0v) is 14.4. The van der Waals surface area contributed by atoms with E-state index in [2.05, 4.69) is 21.7 Å². The summed E-state index contributed by atoms with van der Waals surface area (Å²) in [5, 5.41) is 14.8. The van der Waals surface area contributed by atoms with Gasteiger partial charge in [0.2, 0.25) is 0 Å². The molecule has 27 heavy (non-hydrogen) atoms. The number of hydrogen-bond donors (Lipinski definition) is 2. The number of aromatic nitrogens is 1. The lowest BCUT2D eigenvalue weighted by Gasteiger charge is -2.08. The van der Waals surface area contributed by atoms with E-state index in [1.165, 1.54) is 12.3 Å². The van der Waals surface area contributed by atoms with Crippen molar-refractivity contribution < 1.29 is 9.18 Å². The van der Waals surface area contributed by atoms with E-state index in [0.29, 0.717) is 35.5 Å². The van der Waals surface area contributed by atoms with Gasteiger partial charge >= 0.3 is 0 Å². The van der Waals surface area contributed by atoms with Crippen molar-refractivity contribution in [2.75, 3.05) is 11.9 Å². The summed E-state index contributed by atoms with van der Waals surface area (Å²) < 4.78 is 13.6. The van der Waals surface area contributed by atoms with Crippen molar-refractivity contribution in [2.24, 2.45) is 0 Å². The van der Waals surface area contributed by atoms with Gasteiger partial charge in [0.05, 0.1) is 17.2 Å². The van der Waals surface area contributed by atoms with Gasteiger partial charge in [-0.15, -0.1) is 0 Å². The SMILES string of the molecule is N#Cc1cccc(Nc2ccc(C(=O)NCCc3ccccc3F)cn2)c1. The summed E-state index contributed by atoms with van der Waals surface area (Å²) in [6.07, 6.45) is 1.88. The highest BCUT2D eigenvalue weighted by molar-refractivity contribution is 5.94. The predicted molar refractivity (Wildman–Crippen MR) is 101 cm³/mol. The number of halogens is 1. The molecule has 2 aromatic carbocycles. The van der Waals surface area contributed by atoms with Crippen molar-refractivity contribution >= 4 is 17.4 Å². The molecule has 134 valence electrons. The highest BCUT2D eigenvalue weighted by Crippen LogP contribution is 2.16. The Balaban J connectivity index is 1.55. The monoisotopic (exact) mass is 360 g/mol. The fraction of sp³-hybridized carbons (Fsp3) is 0.0952. The largest absolute Gasteiger partial charge is 0.352 e. The number of carbonyl (C=O) groups is 1. The zero-order chi connectivity index (χ0) is 19.1. The second-order valence-corrected chi connectivity index (χ2v) is 5.85. The van der Waals surface area contributed by atoms with Crippen LogP contribution in [0.2, 0.25) is 0 Å². The summed E-state index contributed by atoms with van der Waals surface area (Å²) >= 11 is 0. The molecule has 1 amide bonds. The molecule has 3 rings (SSSR count). The van der Waals surface area contributed by atoms with E-state index >= 15 is 0 Å². The molecule has 0 saturated heterocycles. The lowest BCUT2D eigenvalue weighted by Crippen LogP contribution is -2.26. The van der Waals surface area contributed by atoms with E-state index in [0.717, 1.165) is 5.69 Å². The van der Waals surface area contributed by atoms with Gasteiger partial charge in [0.15, 0.2) is 0 Å². The van der Waals surface area contributed by atoms with Gasteiger partial charge in [0.25, 0.3) is 5.91 Å². The van der Waals surface area contributed by atoms with E-state index < -0.39 is 0 Å². The van der Waals surface area contributed by atoms with Crippen LogP contribution < -0.4 is 10.6 Å². The first-order valence-corrected chi connectivity index (χ1v) is 8.40. The van der Waals surface area contributed by atoms with Gasteiger partial charge in [-0.3, -0.25) is 4.79 Å². The molecule has 0 atom stereocenters. The number of benzene rings is 2. The van der Waals surface area contributed by atoms with Gasteiger partial charge in [-0.2, -0.15) is 5.26 Å². The minimum atomic E-state index is -0.274. The van der Waals surface area contributed by atoms with Gasteiger partial charge in [-0.25, -0.2) is 9.37 Å². The van der Waals surface area contributed by atoms with Gasteiger partial charge in [-0.1, -0.05) is 24.3 Å². The van der Waals surface area contributed by atoms with Crippen LogP contribution in [0, 0.1) is 17.1 Å². The Morgan fingerprint density at radius 3 is 2.70 bits per heavy atom. The summed E-state index contributed by atoms with van der Waals surface area (Å²) in [6.45, 7) is 0.334. The molecule has 0 aliphatic rings. The minimum Gasteiger partial charge on any atom is -0.352 e. The van der Waals surface area contributed by atoms with E-state index in [9.17, 15) is 9.18 Å². The van der Waals surface area contributed by atoms with Crippen LogP contribution in [0.25, 0.3) is 0 Å². The number of nitriles is 1. The molecule has 1 aromatic heterocycles. The summed E-state index contributed by atoms with van der Waals surface area (Å²) in [5.41, 5.74) is 2.27.